The molecule has 0 amide bonds. The Morgan fingerprint density at radius 3 is 2.89 bits per heavy atom. The van der Waals surface area contributed by atoms with Crippen LogP contribution in [0.2, 0.25) is 0 Å². The van der Waals surface area contributed by atoms with Gasteiger partial charge in [0, 0.05) is 17.7 Å². The number of oxazole rings is 1. The molecule has 0 bridgehead atoms. The van der Waals surface area contributed by atoms with Crippen LogP contribution in [0.5, 0.6) is 0 Å². The van der Waals surface area contributed by atoms with E-state index in [1.54, 1.807) is 18.3 Å². The fourth-order valence-electron chi connectivity index (χ4n) is 1.69. The molecule has 3 rings (SSSR count). The highest BCUT2D eigenvalue weighted by Crippen LogP contribution is 2.29. The van der Waals surface area contributed by atoms with E-state index in [1.165, 1.54) is 23.5 Å². The van der Waals surface area contributed by atoms with Crippen LogP contribution in [0, 0.1) is 10.1 Å². The standard InChI is InChI=1S/C13H8N2O3S/c16-15(17)10-4-1-3-9(7-10)11-8-14-13(18-11)12-5-2-6-19-12/h1-8H. The van der Waals surface area contributed by atoms with E-state index in [-0.39, 0.29) is 5.69 Å². The van der Waals surface area contributed by atoms with E-state index < -0.39 is 4.92 Å². The molecule has 0 unspecified atom stereocenters. The van der Waals surface area contributed by atoms with Crippen molar-refractivity contribution in [1.29, 1.82) is 0 Å². The van der Waals surface area contributed by atoms with Crippen molar-refractivity contribution in [2.75, 3.05) is 0 Å². The monoisotopic (exact) mass is 272 g/mol. The van der Waals surface area contributed by atoms with Gasteiger partial charge in [0.2, 0.25) is 5.89 Å². The predicted molar refractivity (Wildman–Crippen MR) is 71.9 cm³/mol. The largest absolute Gasteiger partial charge is 0.435 e. The fourth-order valence-corrected chi connectivity index (χ4v) is 2.35. The Hall–Kier alpha value is -2.47. The van der Waals surface area contributed by atoms with Crippen LogP contribution >= 0.6 is 11.3 Å². The lowest BCUT2D eigenvalue weighted by Gasteiger charge is -1.96. The second-order valence-corrected chi connectivity index (χ2v) is 4.76. The van der Waals surface area contributed by atoms with Crippen LogP contribution in [-0.4, -0.2) is 9.91 Å². The minimum absolute atomic E-state index is 0.0339. The Kier molecular flexibility index (Phi) is 2.85. The van der Waals surface area contributed by atoms with Gasteiger partial charge in [0.1, 0.15) is 0 Å². The third kappa shape index (κ3) is 2.25. The number of hydrogen-bond donors (Lipinski definition) is 0. The molecule has 1 aromatic carbocycles. The SMILES string of the molecule is O=[N+]([O-])c1cccc(-c2cnc(-c3cccs3)o2)c1. The molecule has 0 saturated carbocycles. The molecule has 6 heteroatoms. The van der Waals surface area contributed by atoms with Crippen LogP contribution in [0.1, 0.15) is 0 Å². The molecule has 3 aromatic rings. The number of thiophene rings is 1. The summed E-state index contributed by atoms with van der Waals surface area (Å²) in [6, 6.07) is 10.1. The average molecular weight is 272 g/mol. The van der Waals surface area contributed by atoms with Gasteiger partial charge in [-0.3, -0.25) is 10.1 Å². The molecule has 0 aliphatic carbocycles. The molecule has 0 saturated heterocycles. The van der Waals surface area contributed by atoms with Crippen molar-refractivity contribution in [3.05, 3.63) is 58.1 Å². The normalized spacial score (nSPS) is 10.5. The summed E-state index contributed by atoms with van der Waals surface area (Å²) in [5.74, 6) is 1.05. The minimum Gasteiger partial charge on any atom is -0.435 e. The van der Waals surface area contributed by atoms with Crippen molar-refractivity contribution in [2.24, 2.45) is 0 Å². The Labute approximate surface area is 112 Å². The van der Waals surface area contributed by atoms with Crippen molar-refractivity contribution >= 4 is 17.0 Å². The zero-order valence-electron chi connectivity index (χ0n) is 9.65. The molecule has 0 aliphatic rings. The lowest BCUT2D eigenvalue weighted by atomic mass is 10.2. The maximum Gasteiger partial charge on any atom is 0.270 e. The van der Waals surface area contributed by atoms with E-state index in [0.29, 0.717) is 17.2 Å². The van der Waals surface area contributed by atoms with Gasteiger partial charge in [0.15, 0.2) is 5.76 Å². The van der Waals surface area contributed by atoms with Crippen LogP contribution in [0.15, 0.2) is 52.4 Å². The summed E-state index contributed by atoms with van der Waals surface area (Å²) in [7, 11) is 0. The lowest BCUT2D eigenvalue weighted by Crippen LogP contribution is -1.87. The maximum absolute atomic E-state index is 10.7. The Bertz CT molecular complexity index is 719. The van der Waals surface area contributed by atoms with Gasteiger partial charge in [-0.05, 0) is 11.4 Å². The molecule has 0 fully saturated rings. The molecule has 0 atom stereocenters. The van der Waals surface area contributed by atoms with E-state index in [4.69, 9.17) is 4.42 Å². The van der Waals surface area contributed by atoms with Gasteiger partial charge in [-0.1, -0.05) is 18.2 Å². The van der Waals surface area contributed by atoms with Crippen LogP contribution < -0.4 is 0 Å². The maximum atomic E-state index is 10.7. The molecule has 0 N–H and O–H groups in total. The van der Waals surface area contributed by atoms with Crippen molar-refractivity contribution < 1.29 is 9.34 Å². The van der Waals surface area contributed by atoms with Gasteiger partial charge < -0.3 is 4.42 Å². The van der Waals surface area contributed by atoms with Gasteiger partial charge in [0.25, 0.3) is 5.69 Å². The van der Waals surface area contributed by atoms with Crippen LogP contribution in [0.3, 0.4) is 0 Å². The van der Waals surface area contributed by atoms with E-state index in [0.717, 1.165) is 4.88 Å². The summed E-state index contributed by atoms with van der Waals surface area (Å²) < 4.78 is 5.63. The van der Waals surface area contributed by atoms with Crippen molar-refractivity contribution in [3.8, 4) is 22.1 Å². The molecule has 19 heavy (non-hydrogen) atoms. The summed E-state index contributed by atoms with van der Waals surface area (Å²) in [4.78, 5) is 15.4. The zero-order valence-corrected chi connectivity index (χ0v) is 10.5. The Morgan fingerprint density at radius 2 is 2.16 bits per heavy atom. The topological polar surface area (TPSA) is 69.2 Å². The number of nitro benzene ring substituents is 1. The second kappa shape index (κ2) is 4.66. The first-order valence-corrected chi connectivity index (χ1v) is 6.36. The number of hydrogen-bond acceptors (Lipinski definition) is 5. The zero-order chi connectivity index (χ0) is 13.2. The van der Waals surface area contributed by atoms with Crippen LogP contribution in [0.25, 0.3) is 22.1 Å². The number of rotatable bonds is 3. The average Bonchev–Trinajstić information content (AvgIpc) is 3.09. The Morgan fingerprint density at radius 1 is 1.26 bits per heavy atom. The fraction of sp³-hybridized carbons (Fsp3) is 0. The van der Waals surface area contributed by atoms with E-state index >= 15 is 0 Å². The first-order valence-electron chi connectivity index (χ1n) is 5.48. The van der Waals surface area contributed by atoms with Gasteiger partial charge >= 0.3 is 0 Å². The molecular formula is C13H8N2O3S. The summed E-state index contributed by atoms with van der Waals surface area (Å²) >= 11 is 1.53. The highest BCUT2D eigenvalue weighted by Gasteiger charge is 2.12. The summed E-state index contributed by atoms with van der Waals surface area (Å²) in [6.45, 7) is 0. The first kappa shape index (κ1) is 11.6. The number of benzene rings is 1. The van der Waals surface area contributed by atoms with Gasteiger partial charge in [-0.25, -0.2) is 4.98 Å². The molecule has 0 aliphatic heterocycles. The quantitative estimate of drug-likeness (QED) is 0.534. The summed E-state index contributed by atoms with van der Waals surface area (Å²) in [5.41, 5.74) is 0.677. The van der Waals surface area contributed by atoms with Crippen molar-refractivity contribution in [1.82, 2.24) is 4.98 Å². The Balaban J connectivity index is 1.99. The number of nitro groups is 1. The number of nitrogens with zero attached hydrogens (tertiary/aromatic N) is 2. The third-order valence-electron chi connectivity index (χ3n) is 2.58. The van der Waals surface area contributed by atoms with Crippen molar-refractivity contribution in [3.63, 3.8) is 0 Å². The summed E-state index contributed by atoms with van der Waals surface area (Å²) in [6.07, 6.45) is 1.58. The molecule has 2 heterocycles. The molecule has 2 aromatic heterocycles. The first-order chi connectivity index (χ1) is 9.24. The highest BCUT2D eigenvalue weighted by molar-refractivity contribution is 7.13. The van der Waals surface area contributed by atoms with E-state index in [9.17, 15) is 10.1 Å². The smallest absolute Gasteiger partial charge is 0.270 e. The number of aromatic nitrogens is 1. The van der Waals surface area contributed by atoms with Crippen LogP contribution in [0.4, 0.5) is 5.69 Å². The van der Waals surface area contributed by atoms with Crippen LogP contribution in [-0.2, 0) is 0 Å². The minimum atomic E-state index is -0.431. The lowest BCUT2D eigenvalue weighted by molar-refractivity contribution is -0.384. The van der Waals surface area contributed by atoms with Gasteiger partial charge in [-0.15, -0.1) is 11.3 Å². The van der Waals surface area contributed by atoms with E-state index in [1.807, 2.05) is 17.5 Å². The number of non-ortho nitro benzene ring substituents is 1. The molecule has 5 nitrogen and oxygen atoms in total. The van der Waals surface area contributed by atoms with E-state index in [2.05, 4.69) is 4.98 Å². The predicted octanol–water partition coefficient (Wildman–Crippen LogP) is 3.98. The molecule has 0 radical (unpaired) electrons. The van der Waals surface area contributed by atoms with Gasteiger partial charge in [-0.2, -0.15) is 0 Å². The third-order valence-corrected chi connectivity index (χ3v) is 3.44. The van der Waals surface area contributed by atoms with Gasteiger partial charge in [0.05, 0.1) is 16.0 Å². The molecular weight excluding hydrogens is 264 g/mol. The van der Waals surface area contributed by atoms with Crippen molar-refractivity contribution in [2.45, 2.75) is 0 Å². The second-order valence-electron chi connectivity index (χ2n) is 3.81. The molecule has 0 spiro atoms. The highest BCUT2D eigenvalue weighted by atomic mass is 32.1. The summed E-state index contributed by atoms with van der Waals surface area (Å²) in [5, 5.41) is 12.7. The molecule has 94 valence electrons.